The first-order chi connectivity index (χ1) is 41.5. The van der Waals surface area contributed by atoms with Crippen molar-refractivity contribution in [3.8, 4) is 0 Å². The molecule has 3 unspecified atom stereocenters. The second kappa shape index (κ2) is 65.1. The molecule has 0 bridgehead atoms. The fourth-order valence-electron chi connectivity index (χ4n) is 9.69. The summed E-state index contributed by atoms with van der Waals surface area (Å²) in [7, 11) is 1.22. The summed E-state index contributed by atoms with van der Waals surface area (Å²) in [5.74, 6) is -0.229. The first-order valence-electron chi connectivity index (χ1n) is 35.0. The Morgan fingerprint density at radius 2 is 0.729 bits per heavy atom. The number of hydrogen-bond acceptors (Lipinski definition) is 6. The zero-order valence-corrected chi connectivity index (χ0v) is 56.7. The highest BCUT2D eigenvalue weighted by Crippen LogP contribution is 2.38. The van der Waals surface area contributed by atoms with Gasteiger partial charge in [-0.2, -0.15) is 0 Å². The van der Waals surface area contributed by atoms with Crippen molar-refractivity contribution < 1.29 is 32.9 Å². The summed E-state index contributed by atoms with van der Waals surface area (Å²) in [6.45, 7) is 4.51. The highest BCUT2D eigenvalue weighted by atomic mass is 31.2. The minimum absolute atomic E-state index is 0.0175. The summed E-state index contributed by atoms with van der Waals surface area (Å²) in [6, 6.07) is -0.927. The molecule has 0 radical (unpaired) electrons. The third kappa shape index (κ3) is 68.0. The topological polar surface area (TPSA) is 108 Å². The Morgan fingerprint density at radius 1 is 0.424 bits per heavy atom. The largest absolute Gasteiger partial charge is 0.756 e. The number of carbonyl (C=O) groups is 1. The predicted octanol–water partition coefficient (Wildman–Crippen LogP) is 22.0. The van der Waals surface area contributed by atoms with E-state index in [0.29, 0.717) is 17.4 Å². The van der Waals surface area contributed by atoms with Gasteiger partial charge in [-0.3, -0.25) is 9.36 Å². The number of phosphoric ester groups is 1. The van der Waals surface area contributed by atoms with Gasteiger partial charge in [-0.05, 0) is 103 Å². The van der Waals surface area contributed by atoms with Crippen LogP contribution in [0.15, 0.2) is 134 Å². The van der Waals surface area contributed by atoms with E-state index in [0.717, 1.165) is 116 Å². The second-order valence-electron chi connectivity index (χ2n) is 24.5. The van der Waals surface area contributed by atoms with Crippen LogP contribution in [0.1, 0.15) is 290 Å². The number of unbranched alkanes of at least 4 members (excludes halogenated alkanes) is 30. The van der Waals surface area contributed by atoms with E-state index in [2.05, 4.69) is 141 Å². The molecule has 0 fully saturated rings. The SMILES string of the molecule is CC/C=C\C/C=C\C/C=C\C/C=C\C/C=C\C/C=C\C/C=C\C/C=C\C/C=C\CCCCCCCC(=O)NC(COP(=O)([O-])OCC[N+](C)(C)C)C(O)/C=C/CC/C=C/CCCCCCCCCCCCCCCCCCCCCCCCCC. The molecular weight excluding hydrogens is 1070 g/mol. The Bertz CT molecular complexity index is 1850. The van der Waals surface area contributed by atoms with Crippen LogP contribution in [0, 0.1) is 0 Å². The number of likely N-dealkylation sites (N-methyl/N-ethyl adjacent to an activating group) is 1. The van der Waals surface area contributed by atoms with Crippen molar-refractivity contribution in [2.75, 3.05) is 40.9 Å². The molecule has 2 N–H and O–H groups in total. The van der Waals surface area contributed by atoms with Gasteiger partial charge in [0, 0.05) is 6.42 Å². The van der Waals surface area contributed by atoms with Gasteiger partial charge >= 0.3 is 0 Å². The van der Waals surface area contributed by atoms with Crippen molar-refractivity contribution in [2.24, 2.45) is 0 Å². The Hall–Kier alpha value is -3.36. The molecule has 0 heterocycles. The normalized spacial score (nSPS) is 14.5. The number of amides is 1. The van der Waals surface area contributed by atoms with Crippen molar-refractivity contribution in [3.63, 3.8) is 0 Å². The van der Waals surface area contributed by atoms with E-state index in [1.807, 2.05) is 27.2 Å². The van der Waals surface area contributed by atoms with Gasteiger partial charge in [-0.25, -0.2) is 0 Å². The van der Waals surface area contributed by atoms with Crippen LogP contribution < -0.4 is 10.2 Å². The quantitative estimate of drug-likeness (QED) is 0.0272. The van der Waals surface area contributed by atoms with E-state index in [1.54, 1.807) is 6.08 Å². The van der Waals surface area contributed by atoms with E-state index in [4.69, 9.17) is 9.05 Å². The maximum Gasteiger partial charge on any atom is 0.268 e. The van der Waals surface area contributed by atoms with Gasteiger partial charge in [0.1, 0.15) is 13.2 Å². The van der Waals surface area contributed by atoms with Gasteiger partial charge in [-0.15, -0.1) is 0 Å². The molecule has 0 aliphatic rings. The van der Waals surface area contributed by atoms with E-state index < -0.39 is 26.6 Å². The maximum atomic E-state index is 13.0. The number of nitrogens with zero attached hydrogens (tertiary/aromatic N) is 1. The van der Waals surface area contributed by atoms with Crippen molar-refractivity contribution >= 4 is 13.7 Å². The number of carbonyl (C=O) groups excluding carboxylic acids is 1. The van der Waals surface area contributed by atoms with Crippen LogP contribution in [0.5, 0.6) is 0 Å². The number of phosphoric acid groups is 1. The molecule has 1 amide bonds. The Morgan fingerprint density at radius 3 is 1.09 bits per heavy atom. The summed E-state index contributed by atoms with van der Waals surface area (Å²) >= 11 is 0. The Kier molecular flexibility index (Phi) is 62.5. The van der Waals surface area contributed by atoms with Gasteiger partial charge in [0.05, 0.1) is 39.9 Å². The van der Waals surface area contributed by atoms with Gasteiger partial charge in [0.2, 0.25) is 5.91 Å². The van der Waals surface area contributed by atoms with Crippen LogP contribution in [0.25, 0.3) is 0 Å². The zero-order chi connectivity index (χ0) is 61.9. The minimum atomic E-state index is -4.63. The lowest BCUT2D eigenvalue weighted by atomic mass is 10.0. The molecule has 0 saturated carbocycles. The van der Waals surface area contributed by atoms with Crippen LogP contribution in [0.2, 0.25) is 0 Å². The summed E-state index contributed by atoms with van der Waals surface area (Å²) in [6.07, 6.45) is 98.6. The van der Waals surface area contributed by atoms with Crippen molar-refractivity contribution in [1.29, 1.82) is 0 Å². The molecule has 0 rings (SSSR count). The van der Waals surface area contributed by atoms with E-state index in [1.165, 1.54) is 154 Å². The van der Waals surface area contributed by atoms with Crippen LogP contribution in [-0.4, -0.2) is 68.5 Å². The summed E-state index contributed by atoms with van der Waals surface area (Å²) in [5, 5.41) is 13.9. The highest BCUT2D eigenvalue weighted by molar-refractivity contribution is 7.45. The fourth-order valence-corrected chi connectivity index (χ4v) is 10.4. The summed E-state index contributed by atoms with van der Waals surface area (Å²) in [4.78, 5) is 25.6. The molecule has 0 spiro atoms. The standard InChI is InChI=1S/C76H133N2O6P/c1-6-8-10-12-14-16-18-20-22-24-26-28-30-32-34-36-38-39-40-42-44-46-48-50-52-54-56-58-60-62-64-66-68-70-76(80)77-74(73-84-85(81,82)83-72-71-78(3,4)5)75(79)69-67-65-63-61-59-57-55-53-51-49-47-45-43-41-37-35-33-31-29-27-25-23-21-19-17-15-13-11-9-7-2/h8,10,14,16,20,22,26,28,32,34,38-39,42,44,48,50,54,56,59,61,67,69,74-75,79H,6-7,9,11-13,15,17-19,21,23-25,27,29-31,33,35-37,40-41,43,45-47,49,51-53,55,57-58,60,62-66,68,70-73H2,1-5H3,(H-,77,80,81,82)/b10-8-,16-14-,22-20-,28-26-,34-32-,39-38-,44-42-,50-48-,56-54-,61-59+,69-67+. The molecule has 9 heteroatoms. The number of rotatable bonds is 63. The molecule has 0 aromatic heterocycles. The average Bonchev–Trinajstić information content (AvgIpc) is 3.49. The number of nitrogens with one attached hydrogen (secondary N) is 1. The summed E-state index contributed by atoms with van der Waals surface area (Å²) < 4.78 is 23.4. The van der Waals surface area contributed by atoms with Crippen LogP contribution >= 0.6 is 7.82 Å². The monoisotopic (exact) mass is 1200 g/mol. The Labute approximate surface area is 526 Å². The van der Waals surface area contributed by atoms with Crippen molar-refractivity contribution in [2.45, 2.75) is 302 Å². The molecule has 8 nitrogen and oxygen atoms in total. The third-order valence-corrected chi connectivity index (χ3v) is 16.1. The number of aliphatic hydroxyl groups excluding tert-OH is 1. The molecular formula is C76H133N2O6P. The minimum Gasteiger partial charge on any atom is -0.756 e. The number of quaternary nitrogens is 1. The lowest BCUT2D eigenvalue weighted by molar-refractivity contribution is -0.870. The average molecular weight is 1200 g/mol. The molecule has 0 saturated heterocycles. The van der Waals surface area contributed by atoms with E-state index in [-0.39, 0.29) is 12.5 Å². The highest BCUT2D eigenvalue weighted by Gasteiger charge is 2.23. The van der Waals surface area contributed by atoms with Crippen LogP contribution in [0.3, 0.4) is 0 Å². The van der Waals surface area contributed by atoms with Crippen LogP contribution in [-0.2, 0) is 18.4 Å². The molecule has 0 aliphatic heterocycles. The molecule has 0 aliphatic carbocycles. The lowest BCUT2D eigenvalue weighted by Crippen LogP contribution is -2.45. The van der Waals surface area contributed by atoms with Crippen molar-refractivity contribution in [3.05, 3.63) is 134 Å². The second-order valence-corrected chi connectivity index (χ2v) is 25.9. The lowest BCUT2D eigenvalue weighted by Gasteiger charge is -2.29. The van der Waals surface area contributed by atoms with Crippen LogP contribution in [0.4, 0.5) is 0 Å². The maximum absolute atomic E-state index is 13.0. The van der Waals surface area contributed by atoms with E-state index >= 15 is 0 Å². The van der Waals surface area contributed by atoms with Gasteiger partial charge in [0.25, 0.3) is 7.82 Å². The first-order valence-corrected chi connectivity index (χ1v) is 36.5. The number of allylic oxidation sites excluding steroid dienone is 21. The predicted molar refractivity (Wildman–Crippen MR) is 371 cm³/mol. The number of aliphatic hydroxyl groups is 1. The molecule has 488 valence electrons. The molecule has 0 aromatic rings. The zero-order valence-electron chi connectivity index (χ0n) is 55.8. The van der Waals surface area contributed by atoms with Gasteiger partial charge in [0.15, 0.2) is 0 Å². The summed E-state index contributed by atoms with van der Waals surface area (Å²) in [5.41, 5.74) is 0. The van der Waals surface area contributed by atoms with Gasteiger partial charge in [-0.1, -0.05) is 314 Å². The van der Waals surface area contributed by atoms with E-state index in [9.17, 15) is 19.4 Å². The fraction of sp³-hybridized carbons (Fsp3) is 0.697. The third-order valence-electron chi connectivity index (χ3n) is 15.1. The molecule has 0 aromatic carbocycles. The Balaban J connectivity index is 4.22. The molecule has 85 heavy (non-hydrogen) atoms. The molecule has 3 atom stereocenters. The number of hydrogen-bond donors (Lipinski definition) is 2. The smallest absolute Gasteiger partial charge is 0.268 e. The van der Waals surface area contributed by atoms with Crippen molar-refractivity contribution in [1.82, 2.24) is 5.32 Å². The first kappa shape index (κ1) is 81.6. The van der Waals surface area contributed by atoms with Gasteiger partial charge < -0.3 is 28.8 Å².